The average Bonchev–Trinajstić information content (AvgIpc) is 3.23. The average molecular weight is 328 g/mol. The van der Waals surface area contributed by atoms with E-state index >= 15 is 0 Å². The zero-order valence-corrected chi connectivity index (χ0v) is 13.3. The molecule has 2 aliphatic rings. The number of fused-ring (bicyclic) bond motifs is 2. The molecule has 7 heteroatoms. The highest BCUT2D eigenvalue weighted by molar-refractivity contribution is 5.80. The maximum Gasteiger partial charge on any atom is 0.317 e. The summed E-state index contributed by atoms with van der Waals surface area (Å²) in [5.41, 5.74) is 0.879. The van der Waals surface area contributed by atoms with Gasteiger partial charge in [0, 0.05) is 25.5 Å². The number of hydrogen-bond donors (Lipinski definition) is 2. The number of carbonyl (C=O) groups excluding carboxylic acids is 1. The fraction of sp³-hybridized carbons (Fsp3) is 0.471. The minimum atomic E-state index is -0.763. The smallest absolute Gasteiger partial charge is 0.317 e. The van der Waals surface area contributed by atoms with E-state index in [-0.39, 0.29) is 11.9 Å². The van der Waals surface area contributed by atoms with Crippen LogP contribution < -0.4 is 5.32 Å². The van der Waals surface area contributed by atoms with Gasteiger partial charge in [-0.2, -0.15) is 0 Å². The van der Waals surface area contributed by atoms with E-state index in [2.05, 4.69) is 10.3 Å². The van der Waals surface area contributed by atoms with E-state index in [1.54, 1.807) is 4.90 Å². The quantitative estimate of drug-likeness (QED) is 0.898. The first kappa shape index (κ1) is 15.0. The molecular weight excluding hydrogens is 308 g/mol. The summed E-state index contributed by atoms with van der Waals surface area (Å²) >= 11 is 0. The first-order valence-electron chi connectivity index (χ1n) is 8.27. The maximum absolute atomic E-state index is 12.4. The van der Waals surface area contributed by atoms with Crippen LogP contribution in [0.1, 0.15) is 25.0 Å². The van der Waals surface area contributed by atoms with Crippen LogP contribution in [0.5, 0.6) is 0 Å². The topological polar surface area (TPSA) is 86.9 Å². The minimum Gasteiger partial charge on any atom is -0.481 e. The summed E-state index contributed by atoms with van der Waals surface area (Å²) in [5, 5.41) is 12.5. The van der Waals surface area contributed by atoms with Crippen LogP contribution in [-0.2, 0) is 11.3 Å². The summed E-state index contributed by atoms with van der Waals surface area (Å²) in [6.07, 6.45) is 6.29. The van der Waals surface area contributed by atoms with E-state index in [4.69, 9.17) is 0 Å². The molecule has 0 spiro atoms. The predicted octanol–water partition coefficient (Wildman–Crippen LogP) is 1.73. The molecule has 0 aromatic carbocycles. The van der Waals surface area contributed by atoms with Gasteiger partial charge < -0.3 is 19.7 Å². The molecule has 0 unspecified atom stereocenters. The lowest BCUT2D eigenvalue weighted by molar-refractivity contribution is -0.149. The van der Waals surface area contributed by atoms with Gasteiger partial charge in [0.05, 0.1) is 17.7 Å². The van der Waals surface area contributed by atoms with Crippen LogP contribution in [0.15, 0.2) is 30.6 Å². The number of imidazole rings is 1. The molecule has 2 aromatic rings. The highest BCUT2D eigenvalue weighted by atomic mass is 16.4. The Balaban J connectivity index is 1.41. The second-order valence-electron chi connectivity index (χ2n) is 6.79. The Hall–Kier alpha value is -2.57. The second kappa shape index (κ2) is 5.51. The van der Waals surface area contributed by atoms with Crippen LogP contribution in [0.3, 0.4) is 0 Å². The van der Waals surface area contributed by atoms with E-state index in [9.17, 15) is 14.7 Å². The summed E-state index contributed by atoms with van der Waals surface area (Å²) in [7, 11) is 0. The van der Waals surface area contributed by atoms with Crippen LogP contribution >= 0.6 is 0 Å². The standard InChI is InChI=1S/C17H20N4O3/c22-15(23)17-6-3-4-12(17)9-21(11-17)16(24)18-8-13-10-20-7-2-1-5-14(20)19-13/h1-2,5,7,10,12H,3-4,6,8-9,11H2,(H,18,24)(H,22,23)/t12-,17+/m0/s1. The van der Waals surface area contributed by atoms with Gasteiger partial charge in [0.2, 0.25) is 0 Å². The molecule has 1 saturated carbocycles. The third-order valence-corrected chi connectivity index (χ3v) is 5.42. The maximum atomic E-state index is 12.4. The van der Waals surface area contributed by atoms with Crippen molar-refractivity contribution in [3.8, 4) is 0 Å². The molecule has 1 saturated heterocycles. The first-order valence-corrected chi connectivity index (χ1v) is 8.27. The molecule has 2 N–H and O–H groups in total. The minimum absolute atomic E-state index is 0.0796. The summed E-state index contributed by atoms with van der Waals surface area (Å²) in [6.45, 7) is 1.18. The van der Waals surface area contributed by atoms with Gasteiger partial charge in [-0.05, 0) is 30.9 Å². The lowest BCUT2D eigenvalue weighted by atomic mass is 9.81. The summed E-state index contributed by atoms with van der Waals surface area (Å²) < 4.78 is 1.90. The number of carbonyl (C=O) groups is 2. The number of nitrogens with one attached hydrogen (secondary N) is 1. The number of amides is 2. The number of rotatable bonds is 3. The molecule has 3 heterocycles. The number of aliphatic carboxylic acids is 1. The van der Waals surface area contributed by atoms with E-state index in [1.165, 1.54) is 0 Å². The van der Waals surface area contributed by atoms with E-state index in [0.717, 1.165) is 24.2 Å². The summed E-state index contributed by atoms with van der Waals surface area (Å²) in [5.74, 6) is -0.684. The number of urea groups is 1. The van der Waals surface area contributed by atoms with Crippen LogP contribution in [0.4, 0.5) is 4.79 Å². The van der Waals surface area contributed by atoms with Crippen molar-refractivity contribution in [2.75, 3.05) is 13.1 Å². The van der Waals surface area contributed by atoms with Crippen molar-refractivity contribution >= 4 is 17.6 Å². The molecule has 1 aliphatic heterocycles. The van der Waals surface area contributed by atoms with Gasteiger partial charge >= 0.3 is 12.0 Å². The van der Waals surface area contributed by atoms with Crippen LogP contribution in [0, 0.1) is 11.3 Å². The number of carboxylic acid groups (broad SMARTS) is 1. The Kier molecular flexibility index (Phi) is 3.44. The molecule has 7 nitrogen and oxygen atoms in total. The van der Waals surface area contributed by atoms with Crippen molar-refractivity contribution in [2.45, 2.75) is 25.8 Å². The van der Waals surface area contributed by atoms with Crippen molar-refractivity contribution in [1.29, 1.82) is 0 Å². The first-order chi connectivity index (χ1) is 11.6. The Morgan fingerprint density at radius 2 is 2.29 bits per heavy atom. The lowest BCUT2D eigenvalue weighted by Crippen LogP contribution is -2.41. The Labute approximate surface area is 139 Å². The van der Waals surface area contributed by atoms with Crippen molar-refractivity contribution in [3.05, 3.63) is 36.3 Å². The predicted molar refractivity (Wildman–Crippen MR) is 86.4 cm³/mol. The largest absolute Gasteiger partial charge is 0.481 e. The zero-order valence-electron chi connectivity index (χ0n) is 13.3. The molecule has 0 radical (unpaired) electrons. The van der Waals surface area contributed by atoms with E-state index < -0.39 is 11.4 Å². The second-order valence-corrected chi connectivity index (χ2v) is 6.79. The third kappa shape index (κ3) is 2.31. The molecule has 126 valence electrons. The number of pyridine rings is 1. The van der Waals surface area contributed by atoms with Gasteiger partial charge in [-0.15, -0.1) is 0 Å². The molecule has 24 heavy (non-hydrogen) atoms. The zero-order chi connectivity index (χ0) is 16.7. The number of nitrogens with zero attached hydrogens (tertiary/aromatic N) is 3. The van der Waals surface area contributed by atoms with Crippen molar-refractivity contribution in [2.24, 2.45) is 11.3 Å². The van der Waals surface area contributed by atoms with Gasteiger partial charge in [0.15, 0.2) is 0 Å². The Bertz CT molecular complexity index is 769. The highest BCUT2D eigenvalue weighted by Gasteiger charge is 2.55. The number of carboxylic acids is 1. The molecule has 2 fully saturated rings. The molecule has 2 amide bonds. The Morgan fingerprint density at radius 1 is 1.42 bits per heavy atom. The van der Waals surface area contributed by atoms with E-state index in [1.807, 2.05) is 35.0 Å². The fourth-order valence-corrected chi connectivity index (χ4v) is 4.14. The molecule has 0 bridgehead atoms. The van der Waals surface area contributed by atoms with Gasteiger partial charge in [0.25, 0.3) is 0 Å². The molecule has 2 aromatic heterocycles. The molecule has 4 rings (SSSR count). The van der Waals surface area contributed by atoms with Crippen LogP contribution in [0.25, 0.3) is 5.65 Å². The summed E-state index contributed by atoms with van der Waals surface area (Å²) in [4.78, 5) is 30.2. The third-order valence-electron chi connectivity index (χ3n) is 5.42. The summed E-state index contributed by atoms with van der Waals surface area (Å²) in [6, 6.07) is 5.54. The van der Waals surface area contributed by atoms with Crippen molar-refractivity contribution in [1.82, 2.24) is 19.6 Å². The number of hydrogen-bond acceptors (Lipinski definition) is 3. The van der Waals surface area contributed by atoms with E-state index in [0.29, 0.717) is 26.1 Å². The van der Waals surface area contributed by atoms with Crippen LogP contribution in [-0.4, -0.2) is 44.5 Å². The Morgan fingerprint density at radius 3 is 3.04 bits per heavy atom. The normalized spacial score (nSPS) is 25.8. The fourth-order valence-electron chi connectivity index (χ4n) is 4.14. The van der Waals surface area contributed by atoms with Gasteiger partial charge in [-0.25, -0.2) is 9.78 Å². The van der Waals surface area contributed by atoms with Gasteiger partial charge in [-0.3, -0.25) is 4.79 Å². The van der Waals surface area contributed by atoms with Gasteiger partial charge in [-0.1, -0.05) is 12.5 Å². The van der Waals surface area contributed by atoms with Crippen molar-refractivity contribution in [3.63, 3.8) is 0 Å². The van der Waals surface area contributed by atoms with Crippen molar-refractivity contribution < 1.29 is 14.7 Å². The highest BCUT2D eigenvalue weighted by Crippen LogP contribution is 2.48. The number of aromatic nitrogens is 2. The lowest BCUT2D eigenvalue weighted by Gasteiger charge is -2.23. The molecular formula is C17H20N4O3. The molecule has 1 aliphatic carbocycles. The molecule has 2 atom stereocenters. The van der Waals surface area contributed by atoms with Crippen LogP contribution in [0.2, 0.25) is 0 Å². The monoisotopic (exact) mass is 328 g/mol. The SMILES string of the molecule is O=C(NCc1cn2ccccc2n1)N1C[C@@H]2CCC[C@@]2(C(=O)O)C1. The number of likely N-dealkylation sites (tertiary alicyclic amines) is 1. The van der Waals surface area contributed by atoms with Gasteiger partial charge in [0.1, 0.15) is 5.65 Å².